The Morgan fingerprint density at radius 1 is 1.16 bits per heavy atom. The maximum absolute atomic E-state index is 14.2. The van der Waals surface area contributed by atoms with E-state index in [4.69, 9.17) is 4.74 Å². The molecule has 1 spiro atoms. The van der Waals surface area contributed by atoms with Gasteiger partial charge >= 0.3 is 6.03 Å². The number of carbonyl (C=O) groups excluding carboxylic acids is 2. The number of rotatable bonds is 7. The predicted molar refractivity (Wildman–Crippen MR) is 141 cm³/mol. The molecule has 3 aromatic rings. The van der Waals surface area contributed by atoms with Gasteiger partial charge in [0.15, 0.2) is 0 Å². The second kappa shape index (κ2) is 10.2. The van der Waals surface area contributed by atoms with Crippen molar-refractivity contribution in [2.45, 2.75) is 64.4 Å². The van der Waals surface area contributed by atoms with Crippen molar-refractivity contribution in [1.82, 2.24) is 14.8 Å². The number of benzene rings is 2. The summed E-state index contributed by atoms with van der Waals surface area (Å²) >= 11 is 1.40. The van der Waals surface area contributed by atoms with Crippen LogP contribution in [0.3, 0.4) is 0 Å². The first kappa shape index (κ1) is 25.4. The number of hydrogen-bond donors (Lipinski definition) is 0. The largest absolute Gasteiger partial charge is 0.491 e. The fourth-order valence-electron chi connectivity index (χ4n) is 5.44. The summed E-state index contributed by atoms with van der Waals surface area (Å²) in [6.07, 6.45) is 2.66. The molecule has 2 aliphatic heterocycles. The molecule has 2 saturated heterocycles. The molecule has 3 amide bonds. The van der Waals surface area contributed by atoms with Crippen LogP contribution in [0.4, 0.5) is 14.9 Å². The number of hydrogen-bond acceptors (Lipinski definition) is 6. The number of anilines is 1. The zero-order valence-corrected chi connectivity index (χ0v) is 22.1. The molecule has 2 atom stereocenters. The van der Waals surface area contributed by atoms with Gasteiger partial charge in [0.2, 0.25) is 0 Å². The molecule has 0 N–H and O–H groups in total. The Hall–Kier alpha value is -3.30. The lowest BCUT2D eigenvalue weighted by atomic mass is 9.81. The number of ether oxygens (including phenoxy) is 1. The minimum Gasteiger partial charge on any atom is -0.491 e. The van der Waals surface area contributed by atoms with E-state index in [1.807, 2.05) is 31.4 Å². The topological polar surface area (TPSA) is 66.0 Å². The van der Waals surface area contributed by atoms with Gasteiger partial charge in [0.25, 0.3) is 5.91 Å². The fraction of sp³-hybridized carbons (Fsp3) is 0.393. The number of piperidine rings is 1. The smallest absolute Gasteiger partial charge is 0.332 e. The van der Waals surface area contributed by atoms with Crippen molar-refractivity contribution in [2.24, 2.45) is 0 Å². The summed E-state index contributed by atoms with van der Waals surface area (Å²) in [5.74, 6) is 0.149. The number of thiazole rings is 1. The molecule has 2 fully saturated rings. The van der Waals surface area contributed by atoms with Gasteiger partial charge in [0.1, 0.15) is 22.1 Å². The molecule has 9 heteroatoms. The standard InChI is InChI=1S/C28H31FN4O3S/c1-19(2)36-24-9-4-6-21(14-24)17-31-12-10-28(16-20(31)3)26(34)32(18-25-30-11-13-37-25)27(35)33(28)23-8-5-7-22(29)15-23/h4-9,11,13-15,19-20H,10,12,16-18H2,1-3H3/t20-,28?/m0/s1. The third-order valence-corrected chi connectivity index (χ3v) is 7.83. The molecule has 1 unspecified atom stereocenters. The number of nitrogens with zero attached hydrogens (tertiary/aromatic N) is 4. The average Bonchev–Trinajstić information content (AvgIpc) is 3.43. The molecule has 0 saturated carbocycles. The van der Waals surface area contributed by atoms with E-state index in [0.29, 0.717) is 36.6 Å². The number of imide groups is 1. The maximum Gasteiger partial charge on any atom is 0.332 e. The van der Waals surface area contributed by atoms with E-state index in [0.717, 1.165) is 11.3 Å². The predicted octanol–water partition coefficient (Wildman–Crippen LogP) is 5.46. The van der Waals surface area contributed by atoms with Crippen LogP contribution >= 0.6 is 11.3 Å². The van der Waals surface area contributed by atoms with Crippen LogP contribution in [0.5, 0.6) is 5.75 Å². The summed E-state index contributed by atoms with van der Waals surface area (Å²) in [4.78, 5) is 37.0. The summed E-state index contributed by atoms with van der Waals surface area (Å²) in [5.41, 5.74) is 0.460. The third-order valence-electron chi connectivity index (χ3n) is 7.06. The number of likely N-dealkylation sites (tertiary alicyclic amines) is 1. The van der Waals surface area contributed by atoms with E-state index in [1.54, 1.807) is 18.3 Å². The Morgan fingerprint density at radius 2 is 1.97 bits per heavy atom. The fourth-order valence-corrected chi connectivity index (χ4v) is 6.05. The highest BCUT2D eigenvalue weighted by molar-refractivity contribution is 7.09. The zero-order valence-electron chi connectivity index (χ0n) is 21.3. The van der Waals surface area contributed by atoms with Crippen LogP contribution in [0.25, 0.3) is 0 Å². The maximum atomic E-state index is 14.2. The Bertz CT molecular complexity index is 1280. The molecule has 5 rings (SSSR count). The van der Waals surface area contributed by atoms with Crippen molar-refractivity contribution in [3.63, 3.8) is 0 Å². The lowest BCUT2D eigenvalue weighted by Crippen LogP contribution is -2.59. The summed E-state index contributed by atoms with van der Waals surface area (Å²) < 4.78 is 20.1. The molecule has 2 aliphatic rings. The van der Waals surface area contributed by atoms with E-state index in [-0.39, 0.29) is 24.6 Å². The van der Waals surface area contributed by atoms with Gasteiger partial charge in [0, 0.05) is 36.4 Å². The molecule has 0 radical (unpaired) electrons. The molecule has 0 bridgehead atoms. The first-order valence-corrected chi connectivity index (χ1v) is 13.4. The van der Waals surface area contributed by atoms with Gasteiger partial charge in [-0.25, -0.2) is 14.2 Å². The van der Waals surface area contributed by atoms with Crippen LogP contribution in [0.15, 0.2) is 60.1 Å². The van der Waals surface area contributed by atoms with E-state index in [2.05, 4.69) is 28.9 Å². The second-order valence-corrected chi connectivity index (χ2v) is 11.0. The minimum absolute atomic E-state index is 0.0102. The van der Waals surface area contributed by atoms with E-state index in [9.17, 15) is 14.0 Å². The normalized spacial score (nSPS) is 22.5. The van der Waals surface area contributed by atoms with Gasteiger partial charge in [-0.3, -0.25) is 19.5 Å². The van der Waals surface area contributed by atoms with Crippen molar-refractivity contribution < 1.29 is 18.7 Å². The number of urea groups is 1. The molecule has 2 aromatic carbocycles. The first-order chi connectivity index (χ1) is 17.8. The van der Waals surface area contributed by atoms with Crippen molar-refractivity contribution in [3.05, 3.63) is 76.5 Å². The Balaban J connectivity index is 1.42. The van der Waals surface area contributed by atoms with Crippen LogP contribution in [0.2, 0.25) is 0 Å². The molecule has 37 heavy (non-hydrogen) atoms. The zero-order chi connectivity index (χ0) is 26.2. The highest BCUT2D eigenvalue weighted by Crippen LogP contribution is 2.43. The number of aromatic nitrogens is 1. The summed E-state index contributed by atoms with van der Waals surface area (Å²) in [6.45, 7) is 7.52. The monoisotopic (exact) mass is 522 g/mol. The summed E-state index contributed by atoms with van der Waals surface area (Å²) in [5, 5.41) is 2.51. The molecule has 7 nitrogen and oxygen atoms in total. The highest BCUT2D eigenvalue weighted by Gasteiger charge is 2.59. The summed E-state index contributed by atoms with van der Waals surface area (Å²) in [7, 11) is 0. The molecular weight excluding hydrogens is 491 g/mol. The van der Waals surface area contributed by atoms with E-state index < -0.39 is 17.4 Å². The Labute approximate surface area is 220 Å². The van der Waals surface area contributed by atoms with Crippen LogP contribution in [0.1, 0.15) is 44.2 Å². The van der Waals surface area contributed by atoms with Crippen molar-refractivity contribution in [2.75, 3.05) is 11.4 Å². The Morgan fingerprint density at radius 3 is 2.68 bits per heavy atom. The highest BCUT2D eigenvalue weighted by atomic mass is 32.1. The van der Waals surface area contributed by atoms with Crippen LogP contribution < -0.4 is 9.64 Å². The molecule has 194 valence electrons. The van der Waals surface area contributed by atoms with Gasteiger partial charge in [-0.05, 0) is 69.5 Å². The van der Waals surface area contributed by atoms with Crippen LogP contribution in [0, 0.1) is 5.82 Å². The Kier molecular flexibility index (Phi) is 7.00. The van der Waals surface area contributed by atoms with Crippen LogP contribution in [-0.2, 0) is 17.9 Å². The molecule has 3 heterocycles. The molecular formula is C28H31FN4O3S. The van der Waals surface area contributed by atoms with Crippen LogP contribution in [-0.4, -0.2) is 51.0 Å². The van der Waals surface area contributed by atoms with E-state index in [1.165, 1.54) is 33.3 Å². The van der Waals surface area contributed by atoms with E-state index >= 15 is 0 Å². The SMILES string of the molecule is CC(C)Oc1cccc(CN2CCC3(C[C@@H]2C)C(=O)N(Cc2nccs2)C(=O)N3c2cccc(F)c2)c1. The van der Waals surface area contributed by atoms with Gasteiger partial charge in [0.05, 0.1) is 12.6 Å². The average molecular weight is 523 g/mol. The second-order valence-electron chi connectivity index (χ2n) is 10.0. The third kappa shape index (κ3) is 4.98. The van der Waals surface area contributed by atoms with Gasteiger partial charge in [-0.15, -0.1) is 11.3 Å². The number of halogens is 1. The summed E-state index contributed by atoms with van der Waals surface area (Å²) in [6, 6.07) is 13.6. The van der Waals surface area contributed by atoms with Crippen molar-refractivity contribution in [1.29, 1.82) is 0 Å². The van der Waals surface area contributed by atoms with Crippen molar-refractivity contribution >= 4 is 29.0 Å². The molecule has 0 aliphatic carbocycles. The van der Waals surface area contributed by atoms with Crippen molar-refractivity contribution in [3.8, 4) is 5.75 Å². The first-order valence-electron chi connectivity index (χ1n) is 12.6. The lowest BCUT2D eigenvalue weighted by Gasteiger charge is -2.45. The van der Waals surface area contributed by atoms with Gasteiger partial charge in [-0.2, -0.15) is 0 Å². The quantitative estimate of drug-likeness (QED) is 0.386. The minimum atomic E-state index is -1.07. The number of amides is 3. The van der Waals surface area contributed by atoms with Gasteiger partial charge < -0.3 is 4.74 Å². The number of carbonyl (C=O) groups is 2. The lowest BCUT2D eigenvalue weighted by molar-refractivity contribution is -0.133. The molecule has 1 aromatic heterocycles. The van der Waals surface area contributed by atoms with Gasteiger partial charge in [-0.1, -0.05) is 18.2 Å².